The topological polar surface area (TPSA) is 35.2 Å². The number of hydrogen-bond donors (Lipinski definition) is 1. The molecule has 2 nitrogen and oxygen atoms in total. The molecule has 0 fully saturated rings. The predicted molar refractivity (Wildman–Crippen MR) is 79.2 cm³/mol. The van der Waals surface area contributed by atoms with Crippen LogP contribution in [0.15, 0.2) is 36.4 Å². The standard InChI is InChI=1S/C17H19F2NO/c1-11-3-4-15(18)8-14(11)10-21-17-7-13(5-12(2)20)6-16(19)9-17/h3-4,6-9,12H,5,10,20H2,1-2H3. The Balaban J connectivity index is 2.12. The van der Waals surface area contributed by atoms with Gasteiger partial charge < -0.3 is 10.5 Å². The third-order valence-corrected chi connectivity index (χ3v) is 3.19. The van der Waals surface area contributed by atoms with Gasteiger partial charge >= 0.3 is 0 Å². The molecule has 0 heterocycles. The Morgan fingerprint density at radius 1 is 1.10 bits per heavy atom. The molecule has 0 aliphatic carbocycles. The second-order valence-corrected chi connectivity index (χ2v) is 5.34. The molecule has 21 heavy (non-hydrogen) atoms. The Kier molecular flexibility index (Phi) is 4.91. The molecule has 112 valence electrons. The fourth-order valence-electron chi connectivity index (χ4n) is 2.15. The fraction of sp³-hybridized carbons (Fsp3) is 0.294. The molecule has 0 aliphatic heterocycles. The normalized spacial score (nSPS) is 12.2. The third kappa shape index (κ3) is 4.53. The molecule has 0 aliphatic rings. The number of benzene rings is 2. The van der Waals surface area contributed by atoms with Crippen LogP contribution in [0.4, 0.5) is 8.78 Å². The Bertz CT molecular complexity index is 626. The molecular weight excluding hydrogens is 272 g/mol. The highest BCUT2D eigenvalue weighted by Crippen LogP contribution is 2.20. The van der Waals surface area contributed by atoms with Gasteiger partial charge in [0.1, 0.15) is 24.0 Å². The Morgan fingerprint density at radius 2 is 1.86 bits per heavy atom. The van der Waals surface area contributed by atoms with Gasteiger partial charge in [-0.25, -0.2) is 8.78 Å². The summed E-state index contributed by atoms with van der Waals surface area (Å²) in [6.45, 7) is 3.94. The molecule has 0 spiro atoms. The summed E-state index contributed by atoms with van der Waals surface area (Å²) in [5.41, 5.74) is 8.19. The second-order valence-electron chi connectivity index (χ2n) is 5.34. The molecule has 0 saturated heterocycles. The van der Waals surface area contributed by atoms with Crippen molar-refractivity contribution in [2.24, 2.45) is 5.73 Å². The molecule has 0 radical (unpaired) electrons. The van der Waals surface area contributed by atoms with E-state index < -0.39 is 0 Å². The number of ether oxygens (including phenoxy) is 1. The van der Waals surface area contributed by atoms with E-state index in [1.54, 1.807) is 12.1 Å². The summed E-state index contributed by atoms with van der Waals surface area (Å²) >= 11 is 0. The molecule has 2 rings (SSSR count). The minimum Gasteiger partial charge on any atom is -0.489 e. The van der Waals surface area contributed by atoms with Crippen LogP contribution in [-0.2, 0) is 13.0 Å². The zero-order chi connectivity index (χ0) is 15.4. The lowest BCUT2D eigenvalue weighted by molar-refractivity contribution is 0.302. The maximum Gasteiger partial charge on any atom is 0.127 e. The largest absolute Gasteiger partial charge is 0.489 e. The summed E-state index contributed by atoms with van der Waals surface area (Å²) in [5, 5.41) is 0. The SMILES string of the molecule is Cc1ccc(F)cc1COc1cc(F)cc(CC(C)N)c1. The summed E-state index contributed by atoms with van der Waals surface area (Å²) in [5.74, 6) is -0.246. The van der Waals surface area contributed by atoms with E-state index in [1.807, 2.05) is 13.8 Å². The van der Waals surface area contributed by atoms with Crippen molar-refractivity contribution in [3.8, 4) is 5.75 Å². The van der Waals surface area contributed by atoms with Crippen LogP contribution in [0.2, 0.25) is 0 Å². The van der Waals surface area contributed by atoms with E-state index in [4.69, 9.17) is 10.5 Å². The smallest absolute Gasteiger partial charge is 0.127 e. The lowest BCUT2D eigenvalue weighted by atomic mass is 10.1. The summed E-state index contributed by atoms with van der Waals surface area (Å²) in [4.78, 5) is 0. The number of hydrogen-bond acceptors (Lipinski definition) is 2. The second kappa shape index (κ2) is 6.68. The molecule has 2 aromatic carbocycles. The zero-order valence-corrected chi connectivity index (χ0v) is 12.2. The van der Waals surface area contributed by atoms with E-state index in [1.165, 1.54) is 24.3 Å². The van der Waals surface area contributed by atoms with Crippen molar-refractivity contribution >= 4 is 0 Å². The predicted octanol–water partition coefficient (Wildman–Crippen LogP) is 3.74. The van der Waals surface area contributed by atoms with Gasteiger partial charge in [0.15, 0.2) is 0 Å². The van der Waals surface area contributed by atoms with Gasteiger partial charge in [-0.05, 0) is 61.2 Å². The molecule has 2 N–H and O–H groups in total. The van der Waals surface area contributed by atoms with Crippen LogP contribution < -0.4 is 10.5 Å². The van der Waals surface area contributed by atoms with E-state index in [9.17, 15) is 8.78 Å². The van der Waals surface area contributed by atoms with Crippen molar-refractivity contribution in [3.05, 3.63) is 64.7 Å². The minimum absolute atomic E-state index is 0.0508. The minimum atomic E-state index is -0.362. The lowest BCUT2D eigenvalue weighted by Crippen LogP contribution is -2.17. The third-order valence-electron chi connectivity index (χ3n) is 3.19. The van der Waals surface area contributed by atoms with Crippen LogP contribution in [0.25, 0.3) is 0 Å². The molecular formula is C17H19F2NO. The summed E-state index contributed by atoms with van der Waals surface area (Å²) in [6, 6.07) is 9.01. The number of aryl methyl sites for hydroxylation is 1. The molecule has 4 heteroatoms. The molecule has 1 atom stereocenters. The van der Waals surface area contributed by atoms with Gasteiger partial charge in [0.25, 0.3) is 0 Å². The van der Waals surface area contributed by atoms with Gasteiger partial charge in [-0.15, -0.1) is 0 Å². The van der Waals surface area contributed by atoms with Crippen LogP contribution in [0.1, 0.15) is 23.6 Å². The van der Waals surface area contributed by atoms with Crippen molar-refractivity contribution in [3.63, 3.8) is 0 Å². The average molecular weight is 291 g/mol. The molecule has 0 amide bonds. The van der Waals surface area contributed by atoms with Gasteiger partial charge in [-0.2, -0.15) is 0 Å². The molecule has 2 aromatic rings. The van der Waals surface area contributed by atoms with Gasteiger partial charge in [0, 0.05) is 12.1 Å². The summed E-state index contributed by atoms with van der Waals surface area (Å²) in [7, 11) is 0. The van der Waals surface area contributed by atoms with Crippen molar-refractivity contribution in [1.29, 1.82) is 0 Å². The Hall–Kier alpha value is -1.94. The van der Waals surface area contributed by atoms with E-state index in [2.05, 4.69) is 0 Å². The van der Waals surface area contributed by atoms with Gasteiger partial charge in [0.2, 0.25) is 0 Å². The van der Waals surface area contributed by atoms with Crippen LogP contribution in [0.5, 0.6) is 5.75 Å². The average Bonchev–Trinajstić information content (AvgIpc) is 2.38. The van der Waals surface area contributed by atoms with Crippen molar-refractivity contribution in [1.82, 2.24) is 0 Å². The first-order valence-corrected chi connectivity index (χ1v) is 6.87. The monoisotopic (exact) mass is 291 g/mol. The summed E-state index contributed by atoms with van der Waals surface area (Å²) < 4.78 is 32.4. The molecule has 0 bridgehead atoms. The first kappa shape index (κ1) is 15.4. The number of nitrogens with two attached hydrogens (primary N) is 1. The van der Waals surface area contributed by atoms with Gasteiger partial charge in [0.05, 0.1) is 0 Å². The van der Waals surface area contributed by atoms with Gasteiger partial charge in [-0.3, -0.25) is 0 Å². The molecule has 0 saturated carbocycles. The fourth-order valence-corrected chi connectivity index (χ4v) is 2.15. The quantitative estimate of drug-likeness (QED) is 0.910. The van der Waals surface area contributed by atoms with Crippen LogP contribution in [-0.4, -0.2) is 6.04 Å². The van der Waals surface area contributed by atoms with E-state index >= 15 is 0 Å². The van der Waals surface area contributed by atoms with Crippen molar-refractivity contribution in [2.45, 2.75) is 32.9 Å². The Morgan fingerprint density at radius 3 is 2.57 bits per heavy atom. The van der Waals surface area contributed by atoms with Crippen LogP contribution in [0, 0.1) is 18.6 Å². The van der Waals surface area contributed by atoms with E-state index in [0.29, 0.717) is 12.2 Å². The highest BCUT2D eigenvalue weighted by atomic mass is 19.1. The Labute approximate surface area is 123 Å². The van der Waals surface area contributed by atoms with Crippen molar-refractivity contribution < 1.29 is 13.5 Å². The summed E-state index contributed by atoms with van der Waals surface area (Å²) in [6.07, 6.45) is 0.577. The first-order valence-electron chi connectivity index (χ1n) is 6.87. The highest BCUT2D eigenvalue weighted by Gasteiger charge is 2.06. The number of rotatable bonds is 5. The van der Waals surface area contributed by atoms with Crippen LogP contribution in [0.3, 0.4) is 0 Å². The van der Waals surface area contributed by atoms with Gasteiger partial charge in [-0.1, -0.05) is 6.07 Å². The van der Waals surface area contributed by atoms with Crippen molar-refractivity contribution in [2.75, 3.05) is 0 Å². The number of halogens is 2. The molecule has 0 aromatic heterocycles. The maximum atomic E-state index is 13.6. The highest BCUT2D eigenvalue weighted by molar-refractivity contribution is 5.31. The van der Waals surface area contributed by atoms with E-state index in [-0.39, 0.29) is 24.3 Å². The lowest BCUT2D eigenvalue weighted by Gasteiger charge is -2.11. The maximum absolute atomic E-state index is 13.6. The zero-order valence-electron chi connectivity index (χ0n) is 12.2. The van der Waals surface area contributed by atoms with Crippen LogP contribution >= 0.6 is 0 Å². The van der Waals surface area contributed by atoms with E-state index in [0.717, 1.165) is 16.7 Å². The molecule has 1 unspecified atom stereocenters. The first-order chi connectivity index (χ1) is 9.94.